The van der Waals surface area contributed by atoms with Gasteiger partial charge < -0.3 is 23.9 Å². The van der Waals surface area contributed by atoms with Gasteiger partial charge in [0.25, 0.3) is 5.91 Å². The average molecular weight is 423 g/mol. The lowest BCUT2D eigenvalue weighted by Crippen LogP contribution is -2.32. The van der Waals surface area contributed by atoms with Gasteiger partial charge >= 0.3 is 0 Å². The van der Waals surface area contributed by atoms with Crippen molar-refractivity contribution in [1.82, 2.24) is 19.4 Å². The molecule has 0 fully saturated rings. The second kappa shape index (κ2) is 8.16. The van der Waals surface area contributed by atoms with Gasteiger partial charge in [-0.25, -0.2) is 4.98 Å². The maximum atomic E-state index is 13.0. The summed E-state index contributed by atoms with van der Waals surface area (Å²) in [4.78, 5) is 17.4. The first kappa shape index (κ1) is 20.1. The normalized spacial score (nSPS) is 11.9. The number of rotatable bonds is 6. The van der Waals surface area contributed by atoms with Crippen LogP contribution in [0.15, 0.2) is 36.7 Å². The standard InChI is InChI=1S/C19H20Cl2N4O3/c1-24-6-5-22-18(24)16(11-7-12(27-3)9-13(8-11)28-4)23-19(26)15-10-14(20)17(21)25(15)2/h5-10,16H,1-4H3,(H,23,26)/t16-/m0/s1. The summed E-state index contributed by atoms with van der Waals surface area (Å²) in [6.45, 7) is 0. The number of hydrogen-bond acceptors (Lipinski definition) is 4. The topological polar surface area (TPSA) is 70.3 Å². The molecular weight excluding hydrogens is 403 g/mol. The minimum Gasteiger partial charge on any atom is -0.497 e. The second-order valence-electron chi connectivity index (χ2n) is 6.18. The average Bonchev–Trinajstić information content (AvgIpc) is 3.23. The van der Waals surface area contributed by atoms with E-state index >= 15 is 0 Å². The summed E-state index contributed by atoms with van der Waals surface area (Å²) in [5.74, 6) is 1.52. The van der Waals surface area contributed by atoms with Crippen molar-refractivity contribution in [3.8, 4) is 11.5 Å². The smallest absolute Gasteiger partial charge is 0.268 e. The van der Waals surface area contributed by atoms with Crippen LogP contribution in [0, 0.1) is 0 Å². The van der Waals surface area contributed by atoms with Crippen LogP contribution in [0.4, 0.5) is 0 Å². The van der Waals surface area contributed by atoms with E-state index in [1.165, 1.54) is 10.6 Å². The van der Waals surface area contributed by atoms with Crippen molar-refractivity contribution < 1.29 is 14.3 Å². The molecule has 0 radical (unpaired) electrons. The third-order valence-corrected chi connectivity index (χ3v) is 5.29. The number of amides is 1. The van der Waals surface area contributed by atoms with Crippen LogP contribution in [-0.2, 0) is 14.1 Å². The van der Waals surface area contributed by atoms with E-state index in [9.17, 15) is 4.79 Å². The van der Waals surface area contributed by atoms with E-state index in [0.29, 0.717) is 33.2 Å². The summed E-state index contributed by atoms with van der Waals surface area (Å²) < 4.78 is 14.1. The van der Waals surface area contributed by atoms with Gasteiger partial charge in [-0.3, -0.25) is 4.79 Å². The molecule has 0 saturated heterocycles. The largest absolute Gasteiger partial charge is 0.497 e. The Balaban J connectivity index is 2.05. The van der Waals surface area contributed by atoms with E-state index in [0.717, 1.165) is 5.56 Å². The number of nitrogens with zero attached hydrogens (tertiary/aromatic N) is 3. The molecule has 3 aromatic rings. The van der Waals surface area contributed by atoms with Crippen molar-refractivity contribution in [3.63, 3.8) is 0 Å². The number of ether oxygens (including phenoxy) is 2. The highest BCUT2D eigenvalue weighted by molar-refractivity contribution is 6.41. The van der Waals surface area contributed by atoms with Crippen LogP contribution in [0.25, 0.3) is 0 Å². The second-order valence-corrected chi connectivity index (χ2v) is 6.94. The van der Waals surface area contributed by atoms with Crippen LogP contribution in [0.1, 0.15) is 27.9 Å². The summed E-state index contributed by atoms with van der Waals surface area (Å²) in [6.07, 6.45) is 3.48. The number of benzene rings is 1. The van der Waals surface area contributed by atoms with Gasteiger partial charge in [0.15, 0.2) is 0 Å². The van der Waals surface area contributed by atoms with Gasteiger partial charge in [-0.05, 0) is 23.8 Å². The molecule has 0 aliphatic rings. The number of aryl methyl sites for hydroxylation is 1. The van der Waals surface area contributed by atoms with Crippen LogP contribution >= 0.6 is 23.2 Å². The van der Waals surface area contributed by atoms with E-state index < -0.39 is 6.04 Å². The van der Waals surface area contributed by atoms with Crippen LogP contribution in [-0.4, -0.2) is 34.2 Å². The first-order chi connectivity index (χ1) is 13.3. The van der Waals surface area contributed by atoms with Crippen LogP contribution < -0.4 is 14.8 Å². The maximum absolute atomic E-state index is 13.0. The van der Waals surface area contributed by atoms with Crippen LogP contribution in [0.5, 0.6) is 11.5 Å². The van der Waals surface area contributed by atoms with Crippen molar-refractivity contribution in [2.24, 2.45) is 14.1 Å². The molecule has 28 heavy (non-hydrogen) atoms. The zero-order valence-corrected chi connectivity index (χ0v) is 17.4. The summed E-state index contributed by atoms with van der Waals surface area (Å²) in [6, 6.07) is 6.39. The molecule has 0 unspecified atom stereocenters. The number of imidazole rings is 1. The summed E-state index contributed by atoms with van der Waals surface area (Å²) in [7, 11) is 6.67. The minimum atomic E-state index is -0.552. The highest BCUT2D eigenvalue weighted by atomic mass is 35.5. The van der Waals surface area contributed by atoms with Crippen molar-refractivity contribution in [2.75, 3.05) is 14.2 Å². The van der Waals surface area contributed by atoms with Gasteiger partial charge in [-0.2, -0.15) is 0 Å². The number of nitrogens with one attached hydrogen (secondary N) is 1. The highest BCUT2D eigenvalue weighted by Crippen LogP contribution is 2.30. The summed E-state index contributed by atoms with van der Waals surface area (Å²) >= 11 is 12.2. The minimum absolute atomic E-state index is 0.295. The number of hydrogen-bond donors (Lipinski definition) is 1. The Morgan fingerprint density at radius 2 is 1.75 bits per heavy atom. The zero-order chi connectivity index (χ0) is 20.4. The quantitative estimate of drug-likeness (QED) is 0.658. The Labute approximate surface area is 172 Å². The van der Waals surface area contributed by atoms with Crippen molar-refractivity contribution in [1.29, 1.82) is 0 Å². The summed E-state index contributed by atoms with van der Waals surface area (Å²) in [5.41, 5.74) is 1.09. The molecule has 2 aromatic heterocycles. The van der Waals surface area contributed by atoms with E-state index in [4.69, 9.17) is 32.7 Å². The number of halogens is 2. The van der Waals surface area contributed by atoms with Crippen molar-refractivity contribution >= 4 is 29.1 Å². The van der Waals surface area contributed by atoms with Crippen molar-refractivity contribution in [3.05, 3.63) is 63.9 Å². The molecule has 0 spiro atoms. The van der Waals surface area contributed by atoms with Gasteiger partial charge in [-0.15, -0.1) is 0 Å². The third-order valence-electron chi connectivity index (χ3n) is 4.45. The molecular formula is C19H20Cl2N4O3. The molecule has 1 aromatic carbocycles. The first-order valence-electron chi connectivity index (χ1n) is 8.37. The SMILES string of the molecule is COc1cc(OC)cc([C@H](NC(=O)c2cc(Cl)c(Cl)n2C)c2nccn2C)c1. The molecule has 1 atom stereocenters. The van der Waals surface area contributed by atoms with Gasteiger partial charge in [0, 0.05) is 32.6 Å². The fraction of sp³-hybridized carbons (Fsp3) is 0.263. The molecule has 1 N–H and O–H groups in total. The van der Waals surface area contributed by atoms with E-state index in [2.05, 4.69) is 10.3 Å². The van der Waals surface area contributed by atoms with Crippen LogP contribution in [0.3, 0.4) is 0 Å². The fourth-order valence-corrected chi connectivity index (χ4v) is 3.29. The molecule has 9 heteroatoms. The Morgan fingerprint density at radius 1 is 1.11 bits per heavy atom. The van der Waals surface area contributed by atoms with E-state index in [1.807, 2.05) is 29.9 Å². The Kier molecular flexibility index (Phi) is 5.86. The number of aromatic nitrogens is 3. The fourth-order valence-electron chi connectivity index (χ4n) is 2.91. The number of carbonyl (C=O) groups excluding carboxylic acids is 1. The van der Waals surface area contributed by atoms with Crippen LogP contribution in [0.2, 0.25) is 10.2 Å². The monoisotopic (exact) mass is 422 g/mol. The molecule has 0 aliphatic heterocycles. The van der Waals surface area contributed by atoms with Gasteiger partial charge in [0.2, 0.25) is 0 Å². The van der Waals surface area contributed by atoms with E-state index in [-0.39, 0.29) is 5.91 Å². The molecule has 0 saturated carbocycles. The van der Waals surface area contributed by atoms with Crippen molar-refractivity contribution in [2.45, 2.75) is 6.04 Å². The van der Waals surface area contributed by atoms with Gasteiger partial charge in [0.1, 0.15) is 34.2 Å². The molecule has 3 rings (SSSR count). The highest BCUT2D eigenvalue weighted by Gasteiger charge is 2.25. The number of carbonyl (C=O) groups is 1. The predicted octanol–water partition coefficient (Wildman–Crippen LogP) is 3.60. The lowest BCUT2D eigenvalue weighted by molar-refractivity contribution is 0.0933. The molecule has 0 bridgehead atoms. The molecule has 7 nitrogen and oxygen atoms in total. The molecule has 1 amide bonds. The lowest BCUT2D eigenvalue weighted by Gasteiger charge is -2.20. The Morgan fingerprint density at radius 3 is 2.21 bits per heavy atom. The third kappa shape index (κ3) is 3.81. The zero-order valence-electron chi connectivity index (χ0n) is 15.9. The number of methoxy groups -OCH3 is 2. The molecule has 148 valence electrons. The van der Waals surface area contributed by atoms with Gasteiger partial charge in [-0.1, -0.05) is 23.2 Å². The Hall–Kier alpha value is -2.64. The maximum Gasteiger partial charge on any atom is 0.268 e. The van der Waals surface area contributed by atoms with Gasteiger partial charge in [0.05, 0.1) is 19.2 Å². The summed E-state index contributed by atoms with van der Waals surface area (Å²) in [5, 5.41) is 3.61. The lowest BCUT2D eigenvalue weighted by atomic mass is 10.0. The Bertz CT molecular complexity index is 991. The first-order valence-corrected chi connectivity index (χ1v) is 9.13. The van der Waals surface area contributed by atoms with E-state index in [1.54, 1.807) is 33.5 Å². The molecule has 2 heterocycles. The predicted molar refractivity (Wildman–Crippen MR) is 107 cm³/mol. The molecule has 0 aliphatic carbocycles.